The molecule has 1 N–H and O–H groups in total. The van der Waals surface area contributed by atoms with Crippen molar-refractivity contribution in [3.63, 3.8) is 0 Å². The molecule has 5 nitrogen and oxygen atoms in total. The largest absolute Gasteiger partial charge is 0.504 e. The molecule has 0 radical (unpaired) electrons. The van der Waals surface area contributed by atoms with E-state index < -0.39 is 5.79 Å². The molecule has 2 fully saturated rings. The molecule has 4 rings (SSSR count). The Kier molecular flexibility index (Phi) is 4.02. The summed E-state index contributed by atoms with van der Waals surface area (Å²) in [5, 5.41) is 11.0. The van der Waals surface area contributed by atoms with Crippen molar-refractivity contribution in [2.75, 3.05) is 34.9 Å². The molecule has 1 aromatic rings. The van der Waals surface area contributed by atoms with E-state index in [4.69, 9.17) is 14.2 Å². The molecular weight excluding hydrogens is 318 g/mol. The third kappa shape index (κ3) is 2.25. The van der Waals surface area contributed by atoms with Crippen molar-refractivity contribution < 1.29 is 19.3 Å². The Labute approximate surface area is 149 Å². The van der Waals surface area contributed by atoms with E-state index in [1.54, 1.807) is 21.3 Å². The summed E-state index contributed by atoms with van der Waals surface area (Å²) in [5.41, 5.74) is 2.21. The Morgan fingerprint density at radius 3 is 2.60 bits per heavy atom. The first kappa shape index (κ1) is 17.1. The Morgan fingerprint density at radius 2 is 1.92 bits per heavy atom. The minimum Gasteiger partial charge on any atom is -0.504 e. The molecule has 3 aliphatic rings. The highest BCUT2D eigenvalue weighted by molar-refractivity contribution is 5.56. The number of phenolic OH excluding ortho intramolecular Hbond substituents is 1. The van der Waals surface area contributed by atoms with Gasteiger partial charge in [0.2, 0.25) is 0 Å². The molecule has 2 bridgehead atoms. The molecule has 1 saturated carbocycles. The van der Waals surface area contributed by atoms with Crippen LogP contribution in [-0.4, -0.2) is 56.8 Å². The second-order valence-electron chi connectivity index (χ2n) is 7.95. The molecule has 1 heterocycles. The molecular formula is C20H29NO4. The van der Waals surface area contributed by atoms with Gasteiger partial charge in [-0.3, -0.25) is 0 Å². The molecule has 1 saturated heterocycles. The zero-order chi connectivity index (χ0) is 17.8. The average molecular weight is 347 g/mol. The Bertz CT molecular complexity index is 672. The number of aromatic hydroxyl groups is 1. The summed E-state index contributed by atoms with van der Waals surface area (Å²) >= 11 is 0. The zero-order valence-electron chi connectivity index (χ0n) is 15.7. The lowest BCUT2D eigenvalue weighted by Crippen LogP contribution is -2.63. The van der Waals surface area contributed by atoms with E-state index in [1.165, 1.54) is 5.56 Å². The number of nitrogens with zero attached hydrogens (tertiary/aromatic N) is 1. The third-order valence-corrected chi connectivity index (χ3v) is 7.19. The van der Waals surface area contributed by atoms with Gasteiger partial charge in [-0.25, -0.2) is 0 Å². The van der Waals surface area contributed by atoms with Gasteiger partial charge in [-0.1, -0.05) is 6.07 Å². The minimum absolute atomic E-state index is 0.117. The van der Waals surface area contributed by atoms with Crippen LogP contribution in [0.15, 0.2) is 12.1 Å². The van der Waals surface area contributed by atoms with Crippen LogP contribution in [0.4, 0.5) is 0 Å². The Morgan fingerprint density at radius 1 is 1.16 bits per heavy atom. The topological polar surface area (TPSA) is 51.2 Å². The van der Waals surface area contributed by atoms with Crippen LogP contribution in [0, 0.1) is 5.92 Å². The number of fused-ring (bicyclic) bond motifs is 1. The number of hydrogen-bond acceptors (Lipinski definition) is 5. The third-order valence-electron chi connectivity index (χ3n) is 7.19. The van der Waals surface area contributed by atoms with Crippen LogP contribution in [0.25, 0.3) is 0 Å². The molecule has 1 aliphatic heterocycles. The van der Waals surface area contributed by atoms with E-state index in [0.29, 0.717) is 23.5 Å². The molecule has 25 heavy (non-hydrogen) atoms. The van der Waals surface area contributed by atoms with E-state index in [2.05, 4.69) is 18.0 Å². The SMILES string of the molecule is COc1ccc2c(c1O)[C@@]13CCN(C)C(C2)C1CCC(OC)(OC)C3. The Balaban J connectivity index is 1.92. The number of piperidine rings is 1. The van der Waals surface area contributed by atoms with Gasteiger partial charge in [0.15, 0.2) is 17.3 Å². The average Bonchev–Trinajstić information content (AvgIpc) is 2.64. The number of benzene rings is 1. The second-order valence-corrected chi connectivity index (χ2v) is 7.95. The number of phenols is 1. The first-order chi connectivity index (χ1) is 12.0. The van der Waals surface area contributed by atoms with E-state index in [0.717, 1.165) is 44.2 Å². The number of ether oxygens (including phenoxy) is 3. The van der Waals surface area contributed by atoms with Crippen LogP contribution < -0.4 is 4.74 Å². The van der Waals surface area contributed by atoms with Crippen molar-refractivity contribution >= 4 is 0 Å². The maximum atomic E-state index is 11.0. The lowest BCUT2D eigenvalue weighted by molar-refractivity contribution is -0.250. The first-order valence-electron chi connectivity index (χ1n) is 9.20. The van der Waals surface area contributed by atoms with Crippen LogP contribution in [0.3, 0.4) is 0 Å². The molecule has 0 aromatic heterocycles. The van der Waals surface area contributed by atoms with Crippen LogP contribution >= 0.6 is 0 Å². The molecule has 5 heteroatoms. The highest BCUT2D eigenvalue weighted by Crippen LogP contribution is 2.61. The predicted molar refractivity (Wildman–Crippen MR) is 95.2 cm³/mol. The smallest absolute Gasteiger partial charge is 0.168 e. The van der Waals surface area contributed by atoms with Gasteiger partial charge in [-0.2, -0.15) is 0 Å². The van der Waals surface area contributed by atoms with Crippen LogP contribution in [-0.2, 0) is 21.3 Å². The lowest BCUT2D eigenvalue weighted by atomic mass is 9.51. The fraction of sp³-hybridized carbons (Fsp3) is 0.700. The maximum absolute atomic E-state index is 11.0. The van der Waals surface area contributed by atoms with Crippen molar-refractivity contribution in [2.45, 2.75) is 49.3 Å². The Hall–Kier alpha value is -1.30. The van der Waals surface area contributed by atoms with Gasteiger partial charge in [0.05, 0.1) is 7.11 Å². The highest BCUT2D eigenvalue weighted by Gasteiger charge is 2.60. The molecule has 0 amide bonds. The number of rotatable bonds is 3. The molecule has 2 unspecified atom stereocenters. The zero-order valence-corrected chi connectivity index (χ0v) is 15.7. The summed E-state index contributed by atoms with van der Waals surface area (Å²) in [6, 6.07) is 4.54. The van der Waals surface area contributed by atoms with E-state index in [-0.39, 0.29) is 5.41 Å². The summed E-state index contributed by atoms with van der Waals surface area (Å²) in [6.45, 7) is 1.03. The molecule has 3 atom stereocenters. The lowest BCUT2D eigenvalue weighted by Gasteiger charge is -2.61. The van der Waals surface area contributed by atoms with Crippen LogP contribution in [0.1, 0.15) is 36.8 Å². The van der Waals surface area contributed by atoms with Crippen molar-refractivity contribution in [2.24, 2.45) is 5.92 Å². The molecule has 0 spiro atoms. The standard InChI is InChI=1S/C20H29NO4/c1-21-10-9-19-12-20(24-3,25-4)8-7-14(19)15(21)11-13-5-6-16(23-2)18(22)17(13)19/h5-6,14-15,22H,7-12H2,1-4H3/t14?,15?,19-/m1/s1. The van der Waals surface area contributed by atoms with Gasteiger partial charge in [0.25, 0.3) is 0 Å². The molecule has 1 aromatic carbocycles. The summed E-state index contributed by atoms with van der Waals surface area (Å²) in [5.74, 6) is 0.822. The first-order valence-corrected chi connectivity index (χ1v) is 9.20. The summed E-state index contributed by atoms with van der Waals surface area (Å²) in [6.07, 6.45) is 4.73. The minimum atomic E-state index is -0.568. The molecule has 2 aliphatic carbocycles. The fourth-order valence-corrected chi connectivity index (χ4v) is 5.89. The second kappa shape index (κ2) is 5.86. The monoisotopic (exact) mass is 347 g/mol. The summed E-state index contributed by atoms with van der Waals surface area (Å²) in [7, 11) is 7.33. The van der Waals surface area contributed by atoms with Crippen molar-refractivity contribution in [3.05, 3.63) is 23.3 Å². The predicted octanol–water partition coefficient (Wildman–Crippen LogP) is 2.69. The van der Waals surface area contributed by atoms with Gasteiger partial charge in [-0.05, 0) is 50.4 Å². The highest BCUT2D eigenvalue weighted by atomic mass is 16.7. The number of methoxy groups -OCH3 is 3. The maximum Gasteiger partial charge on any atom is 0.168 e. The van der Waals surface area contributed by atoms with Gasteiger partial charge >= 0.3 is 0 Å². The number of hydrogen-bond donors (Lipinski definition) is 1. The van der Waals surface area contributed by atoms with E-state index in [9.17, 15) is 5.11 Å². The van der Waals surface area contributed by atoms with Crippen LogP contribution in [0.5, 0.6) is 11.5 Å². The van der Waals surface area contributed by atoms with Crippen molar-refractivity contribution in [3.8, 4) is 11.5 Å². The van der Waals surface area contributed by atoms with E-state index in [1.807, 2.05) is 6.07 Å². The van der Waals surface area contributed by atoms with Gasteiger partial charge < -0.3 is 24.2 Å². The van der Waals surface area contributed by atoms with E-state index >= 15 is 0 Å². The van der Waals surface area contributed by atoms with Crippen molar-refractivity contribution in [1.29, 1.82) is 0 Å². The van der Waals surface area contributed by atoms with Crippen molar-refractivity contribution in [1.82, 2.24) is 4.90 Å². The van der Waals surface area contributed by atoms with Crippen LogP contribution in [0.2, 0.25) is 0 Å². The van der Waals surface area contributed by atoms with Gasteiger partial charge in [0.1, 0.15) is 0 Å². The van der Waals surface area contributed by atoms with Gasteiger partial charge in [0, 0.05) is 44.1 Å². The normalized spacial score (nSPS) is 33.4. The summed E-state index contributed by atoms with van der Waals surface area (Å²) < 4.78 is 17.1. The quantitative estimate of drug-likeness (QED) is 0.852. The number of likely N-dealkylation sites (N-methyl/N-ethyl adjacent to an activating group) is 1. The summed E-state index contributed by atoms with van der Waals surface area (Å²) in [4.78, 5) is 2.50. The number of likely N-dealkylation sites (tertiary alicyclic amines) is 1. The molecule has 138 valence electrons. The van der Waals surface area contributed by atoms with Gasteiger partial charge in [-0.15, -0.1) is 0 Å². The fourth-order valence-electron chi connectivity index (χ4n) is 5.89.